The molecule has 1 amide bonds. The Bertz CT molecular complexity index is 477. The normalized spacial score (nSPS) is 19.6. The largest absolute Gasteiger partial charge is 0.479 e. The molecule has 18 heavy (non-hydrogen) atoms. The lowest BCUT2D eigenvalue weighted by atomic mass is 10.2. The number of nitrogens with zero attached hydrogens (tertiary/aromatic N) is 2. The Kier molecular flexibility index (Phi) is 3.42. The van der Waals surface area contributed by atoms with Crippen molar-refractivity contribution in [2.75, 3.05) is 25.4 Å². The molecule has 1 saturated heterocycles. The third-order valence-electron chi connectivity index (χ3n) is 2.67. The van der Waals surface area contributed by atoms with Crippen molar-refractivity contribution in [3.8, 4) is 0 Å². The van der Waals surface area contributed by atoms with Crippen LogP contribution in [0, 0.1) is 0 Å². The Morgan fingerprint density at radius 1 is 1.56 bits per heavy atom. The first-order valence-electron chi connectivity index (χ1n) is 5.44. The first kappa shape index (κ1) is 12.3. The van der Waals surface area contributed by atoms with Crippen LogP contribution >= 0.6 is 0 Å². The number of nitrogen functional groups attached to an aromatic ring is 1. The van der Waals surface area contributed by atoms with Crippen molar-refractivity contribution in [3.05, 3.63) is 24.0 Å². The van der Waals surface area contributed by atoms with Gasteiger partial charge in [-0.2, -0.15) is 0 Å². The lowest BCUT2D eigenvalue weighted by molar-refractivity contribution is -0.154. The van der Waals surface area contributed by atoms with Crippen LogP contribution in [0.2, 0.25) is 0 Å². The molecule has 7 nitrogen and oxygen atoms in total. The van der Waals surface area contributed by atoms with E-state index in [1.807, 2.05) is 0 Å². The number of aromatic nitrogens is 1. The lowest BCUT2D eigenvalue weighted by Gasteiger charge is -2.30. The number of hydrogen-bond donors (Lipinski definition) is 2. The molecule has 1 atom stereocenters. The van der Waals surface area contributed by atoms with Crippen LogP contribution in [-0.4, -0.2) is 52.7 Å². The molecule has 1 aliphatic heterocycles. The summed E-state index contributed by atoms with van der Waals surface area (Å²) in [5, 5.41) is 8.86. The van der Waals surface area contributed by atoms with Crippen LogP contribution in [0.25, 0.3) is 0 Å². The van der Waals surface area contributed by atoms with Crippen molar-refractivity contribution in [2.45, 2.75) is 6.10 Å². The standard InChI is InChI=1S/C11H13N3O4/c12-7-2-1-3-13-9(7)10(15)14-4-5-18-8(6-14)11(16)17/h1-3,8H,4-6,12H2,(H,16,17). The summed E-state index contributed by atoms with van der Waals surface area (Å²) < 4.78 is 5.04. The molecule has 0 bridgehead atoms. The van der Waals surface area contributed by atoms with Gasteiger partial charge in [-0.3, -0.25) is 4.79 Å². The van der Waals surface area contributed by atoms with Crippen molar-refractivity contribution in [3.63, 3.8) is 0 Å². The first-order valence-corrected chi connectivity index (χ1v) is 5.44. The highest BCUT2D eigenvalue weighted by Crippen LogP contribution is 2.13. The number of rotatable bonds is 2. The number of carboxylic acids is 1. The van der Waals surface area contributed by atoms with E-state index in [1.54, 1.807) is 12.1 Å². The highest BCUT2D eigenvalue weighted by molar-refractivity contribution is 5.97. The fourth-order valence-corrected chi connectivity index (χ4v) is 1.73. The number of nitrogens with two attached hydrogens (primary N) is 1. The number of anilines is 1. The zero-order valence-electron chi connectivity index (χ0n) is 9.57. The monoisotopic (exact) mass is 251 g/mol. The third-order valence-corrected chi connectivity index (χ3v) is 2.67. The van der Waals surface area contributed by atoms with E-state index in [-0.39, 0.29) is 30.4 Å². The van der Waals surface area contributed by atoms with Gasteiger partial charge in [0.2, 0.25) is 0 Å². The predicted molar refractivity (Wildman–Crippen MR) is 61.9 cm³/mol. The van der Waals surface area contributed by atoms with Crippen LogP contribution in [0.4, 0.5) is 5.69 Å². The van der Waals surface area contributed by atoms with E-state index < -0.39 is 12.1 Å². The summed E-state index contributed by atoms with van der Waals surface area (Å²) in [5.41, 5.74) is 6.09. The molecular formula is C11H13N3O4. The molecule has 1 fully saturated rings. The average Bonchev–Trinajstić information content (AvgIpc) is 2.38. The average molecular weight is 251 g/mol. The molecule has 0 spiro atoms. The summed E-state index contributed by atoms with van der Waals surface area (Å²) >= 11 is 0. The Morgan fingerprint density at radius 2 is 2.33 bits per heavy atom. The van der Waals surface area contributed by atoms with Gasteiger partial charge in [0.15, 0.2) is 11.8 Å². The Hall–Kier alpha value is -2.15. The molecule has 1 aromatic rings. The van der Waals surface area contributed by atoms with Crippen LogP contribution in [0.15, 0.2) is 18.3 Å². The number of amides is 1. The number of morpholine rings is 1. The SMILES string of the molecule is Nc1cccnc1C(=O)N1CCOC(C(=O)O)C1. The molecule has 3 N–H and O–H groups in total. The van der Waals surface area contributed by atoms with Crippen LogP contribution in [0.3, 0.4) is 0 Å². The van der Waals surface area contributed by atoms with Gasteiger partial charge in [0.05, 0.1) is 18.8 Å². The number of carbonyl (C=O) groups excluding carboxylic acids is 1. The summed E-state index contributed by atoms with van der Waals surface area (Å²) in [6.07, 6.45) is 0.478. The van der Waals surface area contributed by atoms with Gasteiger partial charge in [-0.05, 0) is 12.1 Å². The molecule has 2 rings (SSSR count). The van der Waals surface area contributed by atoms with E-state index in [1.165, 1.54) is 11.1 Å². The second-order valence-electron chi connectivity index (χ2n) is 3.89. The summed E-state index contributed by atoms with van der Waals surface area (Å²) in [5.74, 6) is -1.45. The van der Waals surface area contributed by atoms with Crippen LogP contribution in [-0.2, 0) is 9.53 Å². The summed E-state index contributed by atoms with van der Waals surface area (Å²) in [7, 11) is 0. The molecule has 7 heteroatoms. The minimum Gasteiger partial charge on any atom is -0.479 e. The lowest BCUT2D eigenvalue weighted by Crippen LogP contribution is -2.48. The number of aliphatic carboxylic acids is 1. The van der Waals surface area contributed by atoms with E-state index in [2.05, 4.69) is 4.98 Å². The van der Waals surface area contributed by atoms with Crippen molar-refractivity contribution in [1.29, 1.82) is 0 Å². The Balaban J connectivity index is 2.14. The molecule has 1 aromatic heterocycles. The fourth-order valence-electron chi connectivity index (χ4n) is 1.73. The number of pyridine rings is 1. The number of hydrogen-bond acceptors (Lipinski definition) is 5. The van der Waals surface area contributed by atoms with Gasteiger partial charge in [-0.25, -0.2) is 9.78 Å². The third kappa shape index (κ3) is 2.40. The molecule has 1 aliphatic rings. The fraction of sp³-hybridized carbons (Fsp3) is 0.364. The van der Waals surface area contributed by atoms with Gasteiger partial charge >= 0.3 is 5.97 Å². The highest BCUT2D eigenvalue weighted by atomic mass is 16.5. The predicted octanol–water partition coefficient (Wildman–Crippen LogP) is -0.411. The van der Waals surface area contributed by atoms with Crippen molar-refractivity contribution in [2.24, 2.45) is 0 Å². The van der Waals surface area contributed by atoms with Gasteiger partial charge in [0, 0.05) is 12.7 Å². The van der Waals surface area contributed by atoms with Crippen LogP contribution in [0.1, 0.15) is 10.5 Å². The summed E-state index contributed by atoms with van der Waals surface area (Å²) in [6, 6.07) is 3.21. The molecule has 0 aliphatic carbocycles. The van der Waals surface area contributed by atoms with Crippen LogP contribution < -0.4 is 5.73 Å². The molecule has 1 unspecified atom stereocenters. The van der Waals surface area contributed by atoms with E-state index in [0.29, 0.717) is 6.54 Å². The second-order valence-corrected chi connectivity index (χ2v) is 3.89. The molecule has 0 saturated carbocycles. The zero-order chi connectivity index (χ0) is 13.1. The maximum absolute atomic E-state index is 12.1. The minimum absolute atomic E-state index is 0.00415. The molecule has 0 radical (unpaired) electrons. The van der Waals surface area contributed by atoms with Crippen LogP contribution in [0.5, 0.6) is 0 Å². The quantitative estimate of drug-likeness (QED) is 0.740. The Labute approximate surface area is 103 Å². The Morgan fingerprint density at radius 3 is 3.00 bits per heavy atom. The molecule has 0 aromatic carbocycles. The minimum atomic E-state index is -1.08. The number of carboxylic acid groups (broad SMARTS) is 1. The molecular weight excluding hydrogens is 238 g/mol. The molecule has 96 valence electrons. The van der Waals surface area contributed by atoms with E-state index in [9.17, 15) is 9.59 Å². The second kappa shape index (κ2) is 5.01. The number of ether oxygens (including phenoxy) is 1. The number of carbonyl (C=O) groups is 2. The van der Waals surface area contributed by atoms with Gasteiger partial charge in [0.1, 0.15) is 0 Å². The topological polar surface area (TPSA) is 106 Å². The summed E-state index contributed by atoms with van der Waals surface area (Å²) in [4.78, 5) is 28.3. The maximum atomic E-state index is 12.1. The smallest absolute Gasteiger partial charge is 0.334 e. The van der Waals surface area contributed by atoms with E-state index >= 15 is 0 Å². The van der Waals surface area contributed by atoms with Gasteiger partial charge < -0.3 is 20.5 Å². The maximum Gasteiger partial charge on any atom is 0.334 e. The van der Waals surface area contributed by atoms with Gasteiger partial charge in [-0.1, -0.05) is 0 Å². The van der Waals surface area contributed by atoms with Crippen molar-refractivity contribution < 1.29 is 19.4 Å². The summed E-state index contributed by atoms with van der Waals surface area (Å²) in [6.45, 7) is 0.526. The van der Waals surface area contributed by atoms with Gasteiger partial charge in [-0.15, -0.1) is 0 Å². The van der Waals surface area contributed by atoms with Crippen molar-refractivity contribution in [1.82, 2.24) is 9.88 Å². The van der Waals surface area contributed by atoms with Crippen molar-refractivity contribution >= 4 is 17.6 Å². The van der Waals surface area contributed by atoms with Gasteiger partial charge in [0.25, 0.3) is 5.91 Å². The zero-order valence-corrected chi connectivity index (χ0v) is 9.57. The molecule has 2 heterocycles. The van der Waals surface area contributed by atoms with E-state index in [0.717, 1.165) is 0 Å². The van der Waals surface area contributed by atoms with E-state index in [4.69, 9.17) is 15.6 Å². The highest BCUT2D eigenvalue weighted by Gasteiger charge is 2.30. The first-order chi connectivity index (χ1) is 8.59.